The SMILES string of the molecule is C=CC1=C(/C=C\C)C(c2ccccc2)(c2ccccc2)c2c1ccc1c3cc(-c4ccc5c(c4)c4ccccc4n5-c4cccc(-c5ccccc5)c4)ccc3n(-c3cccc(-c4ccccc4)c3)c21. The minimum atomic E-state index is -0.654. The first-order valence-corrected chi connectivity index (χ1v) is 24.2. The highest BCUT2D eigenvalue weighted by atomic mass is 15.0. The van der Waals surface area contributed by atoms with E-state index in [0.717, 1.165) is 22.5 Å². The van der Waals surface area contributed by atoms with Gasteiger partial charge in [0.2, 0.25) is 0 Å². The lowest BCUT2D eigenvalue weighted by Crippen LogP contribution is -2.30. The van der Waals surface area contributed by atoms with Gasteiger partial charge in [-0.25, -0.2) is 0 Å². The number of para-hydroxylation sites is 1. The summed E-state index contributed by atoms with van der Waals surface area (Å²) in [7, 11) is 0. The molecule has 0 atom stereocenters. The molecule has 0 aliphatic heterocycles. The Bertz CT molecular complexity index is 4010. The fourth-order valence-corrected chi connectivity index (χ4v) is 11.7. The van der Waals surface area contributed by atoms with Gasteiger partial charge in [0.15, 0.2) is 0 Å². The Morgan fingerprint density at radius 1 is 0.386 bits per heavy atom. The van der Waals surface area contributed by atoms with Crippen molar-refractivity contribution < 1.29 is 0 Å². The first-order valence-electron chi connectivity index (χ1n) is 24.2. The Hall–Kier alpha value is -8.98. The van der Waals surface area contributed by atoms with E-state index in [9.17, 15) is 0 Å². The normalized spacial score (nSPS) is 13.3. The minimum absolute atomic E-state index is 0.654. The van der Waals surface area contributed by atoms with E-state index < -0.39 is 5.41 Å². The first-order chi connectivity index (χ1) is 34.6. The van der Waals surface area contributed by atoms with Crippen molar-refractivity contribution in [3.63, 3.8) is 0 Å². The molecule has 0 fully saturated rings. The van der Waals surface area contributed by atoms with Gasteiger partial charge in [-0.1, -0.05) is 213 Å². The van der Waals surface area contributed by atoms with Crippen molar-refractivity contribution in [2.24, 2.45) is 0 Å². The molecule has 2 aromatic heterocycles. The van der Waals surface area contributed by atoms with E-state index in [1.807, 2.05) is 0 Å². The first kappa shape index (κ1) is 41.2. The zero-order valence-corrected chi connectivity index (χ0v) is 38.9. The highest BCUT2D eigenvalue weighted by molar-refractivity contribution is 6.15. The quantitative estimate of drug-likeness (QED) is 0.137. The number of nitrogens with zero attached hydrogens (tertiary/aromatic N) is 2. The van der Waals surface area contributed by atoms with Gasteiger partial charge in [-0.15, -0.1) is 0 Å². The summed E-state index contributed by atoms with van der Waals surface area (Å²) in [5, 5.41) is 4.87. The standard InChI is InChI=1S/C68H48N2/c1-3-21-62-56(4-2)58-38-39-59-61-45-51(50-36-40-64-60(44-50)57-34-17-18-35-63(57)69(64)54-32-19-26-48(42-54)46-22-9-5-10-23-46)37-41-65(61)70(55-33-20-27-49(43-55)47-24-11-6-12-25-47)67(59)66(58)68(62,52-28-13-7-14-29-52)53-30-15-8-16-31-53/h3-45H,2H2,1H3/b21-3-. The van der Waals surface area contributed by atoms with Crippen molar-refractivity contribution in [3.05, 3.63) is 295 Å². The van der Waals surface area contributed by atoms with Gasteiger partial charge in [0.25, 0.3) is 0 Å². The van der Waals surface area contributed by atoms with Crippen LogP contribution in [0.5, 0.6) is 0 Å². The highest BCUT2D eigenvalue weighted by Crippen LogP contribution is 2.58. The molecule has 12 aromatic rings. The van der Waals surface area contributed by atoms with Gasteiger partial charge in [-0.05, 0) is 123 Å². The Morgan fingerprint density at radius 2 is 0.857 bits per heavy atom. The fourth-order valence-electron chi connectivity index (χ4n) is 11.7. The van der Waals surface area contributed by atoms with Crippen LogP contribution in [0.25, 0.3) is 93.9 Å². The second-order valence-electron chi connectivity index (χ2n) is 18.4. The Morgan fingerprint density at radius 3 is 1.43 bits per heavy atom. The lowest BCUT2D eigenvalue weighted by atomic mass is 9.66. The van der Waals surface area contributed by atoms with Crippen LogP contribution >= 0.6 is 0 Å². The number of benzene rings is 10. The van der Waals surface area contributed by atoms with Crippen molar-refractivity contribution in [3.8, 4) is 44.8 Å². The predicted octanol–water partition coefficient (Wildman–Crippen LogP) is 17.7. The largest absolute Gasteiger partial charge is 0.309 e. The van der Waals surface area contributed by atoms with E-state index >= 15 is 0 Å². The molecule has 0 bridgehead atoms. The van der Waals surface area contributed by atoms with E-state index in [1.54, 1.807) is 0 Å². The summed E-state index contributed by atoms with van der Waals surface area (Å²) in [6.07, 6.45) is 6.57. The molecule has 0 saturated heterocycles. The van der Waals surface area contributed by atoms with E-state index in [-0.39, 0.29) is 0 Å². The van der Waals surface area contributed by atoms with Crippen molar-refractivity contribution in [1.29, 1.82) is 0 Å². The molecule has 0 N–H and O–H groups in total. The summed E-state index contributed by atoms with van der Waals surface area (Å²) in [5.41, 5.74) is 20.7. The zero-order valence-electron chi connectivity index (χ0n) is 38.9. The molecule has 0 saturated carbocycles. The van der Waals surface area contributed by atoms with Gasteiger partial charge in [0.1, 0.15) is 0 Å². The summed E-state index contributed by atoms with van der Waals surface area (Å²) < 4.78 is 4.96. The number of aromatic nitrogens is 2. The van der Waals surface area contributed by atoms with Crippen LogP contribution in [-0.2, 0) is 5.41 Å². The molecule has 13 rings (SSSR count). The van der Waals surface area contributed by atoms with Crippen molar-refractivity contribution in [1.82, 2.24) is 9.13 Å². The van der Waals surface area contributed by atoms with Crippen LogP contribution in [-0.4, -0.2) is 9.13 Å². The predicted molar refractivity (Wildman–Crippen MR) is 296 cm³/mol. The Kier molecular flexibility index (Phi) is 9.81. The van der Waals surface area contributed by atoms with Gasteiger partial charge in [-0.3, -0.25) is 0 Å². The summed E-state index contributed by atoms with van der Waals surface area (Å²) >= 11 is 0. The second-order valence-corrected chi connectivity index (χ2v) is 18.4. The van der Waals surface area contributed by atoms with Crippen molar-refractivity contribution >= 4 is 49.2 Å². The maximum Gasteiger partial charge on any atom is 0.0734 e. The number of hydrogen-bond acceptors (Lipinski definition) is 0. The molecular weight excluding hydrogens is 845 g/mol. The van der Waals surface area contributed by atoms with Crippen LogP contribution in [0.4, 0.5) is 0 Å². The zero-order chi connectivity index (χ0) is 46.8. The molecule has 2 nitrogen and oxygen atoms in total. The van der Waals surface area contributed by atoms with Crippen molar-refractivity contribution in [2.45, 2.75) is 12.3 Å². The molecule has 2 heteroatoms. The van der Waals surface area contributed by atoms with Crippen LogP contribution in [0.2, 0.25) is 0 Å². The molecule has 2 heterocycles. The average Bonchev–Trinajstić information content (AvgIpc) is 4.05. The van der Waals surface area contributed by atoms with Gasteiger partial charge < -0.3 is 9.13 Å². The topological polar surface area (TPSA) is 9.86 Å². The third-order valence-electron chi connectivity index (χ3n) is 14.7. The number of rotatable bonds is 9. The summed E-state index contributed by atoms with van der Waals surface area (Å²) in [4.78, 5) is 0. The molecule has 0 amide bonds. The third kappa shape index (κ3) is 6.27. The monoisotopic (exact) mass is 892 g/mol. The van der Waals surface area contributed by atoms with E-state index in [2.05, 4.69) is 284 Å². The maximum absolute atomic E-state index is 4.50. The lowest BCUT2D eigenvalue weighted by Gasteiger charge is -2.35. The van der Waals surface area contributed by atoms with Crippen LogP contribution in [0.15, 0.2) is 273 Å². The number of allylic oxidation sites excluding steroid dienone is 5. The molecule has 1 aliphatic carbocycles. The molecule has 1 aliphatic rings. The van der Waals surface area contributed by atoms with Gasteiger partial charge in [0, 0.05) is 38.5 Å². The molecular formula is C68H48N2. The average molecular weight is 893 g/mol. The second kappa shape index (κ2) is 16.7. The van der Waals surface area contributed by atoms with Crippen LogP contribution in [0.3, 0.4) is 0 Å². The summed E-state index contributed by atoms with van der Waals surface area (Å²) in [6, 6.07) is 89.2. The Balaban J connectivity index is 1.08. The van der Waals surface area contributed by atoms with Crippen LogP contribution in [0.1, 0.15) is 29.2 Å². The molecule has 10 aromatic carbocycles. The lowest BCUT2D eigenvalue weighted by molar-refractivity contribution is 0.764. The van der Waals surface area contributed by atoms with E-state index in [0.29, 0.717) is 0 Å². The van der Waals surface area contributed by atoms with Crippen molar-refractivity contribution in [2.75, 3.05) is 0 Å². The minimum Gasteiger partial charge on any atom is -0.309 e. The molecule has 0 spiro atoms. The highest BCUT2D eigenvalue weighted by Gasteiger charge is 2.48. The van der Waals surface area contributed by atoms with E-state index in [4.69, 9.17) is 0 Å². The fraction of sp³-hybridized carbons (Fsp3) is 0.0294. The molecule has 0 unspecified atom stereocenters. The smallest absolute Gasteiger partial charge is 0.0734 e. The summed E-state index contributed by atoms with van der Waals surface area (Å²) in [5.74, 6) is 0. The van der Waals surface area contributed by atoms with E-state index in [1.165, 1.54) is 99.3 Å². The Labute approximate surface area is 408 Å². The maximum atomic E-state index is 4.50. The van der Waals surface area contributed by atoms with Gasteiger partial charge >= 0.3 is 0 Å². The number of hydrogen-bond donors (Lipinski definition) is 0. The third-order valence-corrected chi connectivity index (χ3v) is 14.7. The van der Waals surface area contributed by atoms with Gasteiger partial charge in [-0.2, -0.15) is 0 Å². The number of fused-ring (bicyclic) bond motifs is 8. The van der Waals surface area contributed by atoms with Crippen LogP contribution < -0.4 is 0 Å². The van der Waals surface area contributed by atoms with Gasteiger partial charge in [0.05, 0.1) is 27.5 Å². The summed E-state index contributed by atoms with van der Waals surface area (Å²) in [6.45, 7) is 6.62. The molecule has 330 valence electrons. The van der Waals surface area contributed by atoms with Crippen LogP contribution in [0, 0.1) is 0 Å². The molecule has 0 radical (unpaired) electrons. The molecule has 70 heavy (non-hydrogen) atoms.